The highest BCUT2D eigenvalue weighted by molar-refractivity contribution is 5.79. The van der Waals surface area contributed by atoms with Crippen molar-refractivity contribution in [1.29, 1.82) is 0 Å². The normalized spacial score (nSPS) is 12.1. The van der Waals surface area contributed by atoms with Crippen molar-refractivity contribution in [2.75, 3.05) is 0 Å². The Bertz CT molecular complexity index is 1260. The van der Waals surface area contributed by atoms with Gasteiger partial charge in [-0.15, -0.1) is 10.2 Å². The maximum atomic E-state index is 15.2. The number of H-pyrrole nitrogens is 1. The van der Waals surface area contributed by atoms with E-state index in [2.05, 4.69) is 35.5 Å². The van der Waals surface area contributed by atoms with Gasteiger partial charge in [0.2, 0.25) is 5.82 Å². The van der Waals surface area contributed by atoms with Crippen molar-refractivity contribution in [2.45, 2.75) is 5.92 Å². The fourth-order valence-corrected chi connectivity index (χ4v) is 2.82. The SMILES string of the molecule is FC(F)(c1ccc2ncccc2c1)c1nnc2ncc(-c3cn[nH]c3)nn12. The number of nitrogens with zero attached hydrogens (tertiary/aromatic N) is 7. The summed E-state index contributed by atoms with van der Waals surface area (Å²) in [6, 6.07) is 7.67. The predicted molar refractivity (Wildman–Crippen MR) is 90.9 cm³/mol. The van der Waals surface area contributed by atoms with E-state index in [0.29, 0.717) is 22.2 Å². The Kier molecular flexibility index (Phi) is 3.20. The molecule has 27 heavy (non-hydrogen) atoms. The molecule has 0 spiro atoms. The molecule has 4 heterocycles. The number of benzene rings is 1. The van der Waals surface area contributed by atoms with Crippen molar-refractivity contribution in [1.82, 2.24) is 40.0 Å². The molecule has 1 N–H and O–H groups in total. The highest BCUT2D eigenvalue weighted by atomic mass is 19.3. The summed E-state index contributed by atoms with van der Waals surface area (Å²) >= 11 is 0. The van der Waals surface area contributed by atoms with Crippen LogP contribution in [0.25, 0.3) is 27.9 Å². The monoisotopic (exact) mass is 364 g/mol. The number of halogens is 2. The van der Waals surface area contributed by atoms with E-state index in [1.807, 2.05) is 0 Å². The van der Waals surface area contributed by atoms with E-state index in [4.69, 9.17) is 0 Å². The molecule has 0 saturated carbocycles. The van der Waals surface area contributed by atoms with Gasteiger partial charge in [0.05, 0.1) is 17.9 Å². The van der Waals surface area contributed by atoms with Crippen LogP contribution in [0.5, 0.6) is 0 Å². The van der Waals surface area contributed by atoms with Gasteiger partial charge < -0.3 is 0 Å². The number of aromatic amines is 1. The summed E-state index contributed by atoms with van der Waals surface area (Å²) in [5.41, 5.74) is 1.39. The second kappa shape index (κ2) is 5.59. The lowest BCUT2D eigenvalue weighted by Crippen LogP contribution is -2.20. The molecule has 0 bridgehead atoms. The molecular formula is C17H10F2N8. The molecule has 0 aliphatic rings. The molecule has 0 radical (unpaired) electrons. The van der Waals surface area contributed by atoms with Gasteiger partial charge in [0.15, 0.2) is 0 Å². The van der Waals surface area contributed by atoms with Crippen molar-refractivity contribution in [2.24, 2.45) is 0 Å². The summed E-state index contributed by atoms with van der Waals surface area (Å²) in [4.78, 5) is 8.20. The van der Waals surface area contributed by atoms with Crippen LogP contribution < -0.4 is 0 Å². The molecule has 10 heteroatoms. The number of rotatable bonds is 3. The number of nitrogens with one attached hydrogen (secondary N) is 1. The molecule has 132 valence electrons. The lowest BCUT2D eigenvalue weighted by atomic mass is 10.0. The molecule has 0 atom stereocenters. The second-order valence-corrected chi connectivity index (χ2v) is 5.85. The van der Waals surface area contributed by atoms with E-state index in [9.17, 15) is 0 Å². The van der Waals surface area contributed by atoms with Crippen molar-refractivity contribution in [3.8, 4) is 11.3 Å². The Morgan fingerprint density at radius 3 is 2.81 bits per heavy atom. The van der Waals surface area contributed by atoms with Crippen LogP contribution in [-0.2, 0) is 5.92 Å². The van der Waals surface area contributed by atoms with Crippen LogP contribution in [0, 0.1) is 0 Å². The van der Waals surface area contributed by atoms with Gasteiger partial charge in [-0.2, -0.15) is 23.5 Å². The van der Waals surface area contributed by atoms with Crippen LogP contribution in [0.3, 0.4) is 0 Å². The second-order valence-electron chi connectivity index (χ2n) is 5.85. The lowest BCUT2D eigenvalue weighted by Gasteiger charge is -2.15. The zero-order chi connectivity index (χ0) is 18.4. The Labute approximate surface area is 149 Å². The Balaban J connectivity index is 1.67. The zero-order valence-corrected chi connectivity index (χ0v) is 13.6. The van der Waals surface area contributed by atoms with Crippen molar-refractivity contribution in [3.05, 3.63) is 66.5 Å². The number of alkyl halides is 2. The van der Waals surface area contributed by atoms with Gasteiger partial charge in [0.25, 0.3) is 5.78 Å². The lowest BCUT2D eigenvalue weighted by molar-refractivity contribution is 0.0307. The summed E-state index contributed by atoms with van der Waals surface area (Å²) < 4.78 is 31.4. The number of hydrogen-bond acceptors (Lipinski definition) is 6. The van der Waals surface area contributed by atoms with E-state index in [1.54, 1.807) is 30.6 Å². The quantitative estimate of drug-likeness (QED) is 0.528. The highest BCUT2D eigenvalue weighted by Gasteiger charge is 2.40. The fourth-order valence-electron chi connectivity index (χ4n) is 2.82. The topological polar surface area (TPSA) is 97.5 Å². The maximum absolute atomic E-state index is 15.2. The molecule has 1 aromatic carbocycles. The van der Waals surface area contributed by atoms with Gasteiger partial charge in [-0.25, -0.2) is 4.98 Å². The molecule has 0 fully saturated rings. The van der Waals surface area contributed by atoms with Crippen molar-refractivity contribution in [3.63, 3.8) is 0 Å². The first-order valence-electron chi connectivity index (χ1n) is 7.94. The maximum Gasteiger partial charge on any atom is 0.333 e. The van der Waals surface area contributed by atoms with Crippen molar-refractivity contribution < 1.29 is 8.78 Å². The molecule has 8 nitrogen and oxygen atoms in total. The minimum Gasteiger partial charge on any atom is -0.285 e. The molecule has 0 unspecified atom stereocenters. The Morgan fingerprint density at radius 1 is 1.04 bits per heavy atom. The van der Waals surface area contributed by atoms with Crippen molar-refractivity contribution >= 4 is 16.7 Å². The first-order valence-corrected chi connectivity index (χ1v) is 7.94. The van der Waals surface area contributed by atoms with Gasteiger partial charge in [0, 0.05) is 28.9 Å². The van der Waals surface area contributed by atoms with Crippen LogP contribution >= 0.6 is 0 Å². The average Bonchev–Trinajstić information content (AvgIpc) is 3.37. The van der Waals surface area contributed by atoms with Gasteiger partial charge in [0.1, 0.15) is 5.69 Å². The van der Waals surface area contributed by atoms with Crippen LogP contribution in [-0.4, -0.2) is 40.0 Å². The van der Waals surface area contributed by atoms with E-state index in [-0.39, 0.29) is 11.3 Å². The zero-order valence-electron chi connectivity index (χ0n) is 13.6. The predicted octanol–water partition coefficient (Wildman–Crippen LogP) is 2.60. The minimum atomic E-state index is -3.42. The van der Waals surface area contributed by atoms with Crippen LogP contribution in [0.2, 0.25) is 0 Å². The molecule has 0 amide bonds. The number of hydrogen-bond donors (Lipinski definition) is 1. The van der Waals surface area contributed by atoms with Crippen LogP contribution in [0.15, 0.2) is 55.1 Å². The summed E-state index contributed by atoms with van der Waals surface area (Å²) in [5, 5.41) is 18.6. The van der Waals surface area contributed by atoms with E-state index >= 15 is 8.78 Å². The first-order chi connectivity index (χ1) is 13.1. The minimum absolute atomic E-state index is 0.0145. The largest absolute Gasteiger partial charge is 0.333 e. The standard InChI is InChI=1S/C17H10F2N8/c18-17(19,12-3-4-13-10(6-12)2-1-5-20-13)15-24-25-16-21-9-14(26-27(15)16)11-7-22-23-8-11/h1-9H,(H,22,23). The van der Waals surface area contributed by atoms with E-state index in [1.165, 1.54) is 24.5 Å². The number of fused-ring (bicyclic) bond motifs is 2. The third-order valence-electron chi connectivity index (χ3n) is 4.17. The molecule has 0 saturated heterocycles. The first kappa shape index (κ1) is 15.4. The highest BCUT2D eigenvalue weighted by Crippen LogP contribution is 2.35. The van der Waals surface area contributed by atoms with Gasteiger partial charge in [-0.1, -0.05) is 12.1 Å². The van der Waals surface area contributed by atoms with Gasteiger partial charge in [-0.3, -0.25) is 10.1 Å². The molecular weight excluding hydrogens is 354 g/mol. The molecule has 5 rings (SSSR count). The molecule has 0 aliphatic heterocycles. The van der Waals surface area contributed by atoms with Gasteiger partial charge in [-0.05, 0) is 18.2 Å². The molecule has 0 aliphatic carbocycles. The smallest absolute Gasteiger partial charge is 0.285 e. The Morgan fingerprint density at radius 2 is 1.96 bits per heavy atom. The summed E-state index contributed by atoms with van der Waals surface area (Å²) in [6.45, 7) is 0. The third-order valence-corrected chi connectivity index (χ3v) is 4.17. The molecule has 5 aromatic rings. The van der Waals surface area contributed by atoms with Crippen LogP contribution in [0.1, 0.15) is 11.4 Å². The Hall–Kier alpha value is -3.82. The van der Waals surface area contributed by atoms with Gasteiger partial charge >= 0.3 is 5.92 Å². The number of aromatic nitrogens is 8. The van der Waals surface area contributed by atoms with E-state index < -0.39 is 11.7 Å². The van der Waals surface area contributed by atoms with Crippen LogP contribution in [0.4, 0.5) is 8.78 Å². The number of pyridine rings is 1. The molecule has 4 aromatic heterocycles. The average molecular weight is 364 g/mol. The summed E-state index contributed by atoms with van der Waals surface area (Å²) in [5.74, 6) is -4.05. The summed E-state index contributed by atoms with van der Waals surface area (Å²) in [6.07, 6.45) is 6.15. The summed E-state index contributed by atoms with van der Waals surface area (Å²) in [7, 11) is 0. The third kappa shape index (κ3) is 2.41. The van der Waals surface area contributed by atoms with E-state index in [0.717, 1.165) is 4.52 Å². The fraction of sp³-hybridized carbons (Fsp3) is 0.0588.